The van der Waals surface area contributed by atoms with Crippen LogP contribution < -0.4 is 15.2 Å². The van der Waals surface area contributed by atoms with Gasteiger partial charge in [0.2, 0.25) is 0 Å². The Labute approximate surface area is 175 Å². The van der Waals surface area contributed by atoms with Crippen LogP contribution in [0.15, 0.2) is 41.3 Å². The van der Waals surface area contributed by atoms with E-state index in [1.165, 1.54) is 12.3 Å². The average Bonchev–Trinajstić information content (AvgIpc) is 3.27. The summed E-state index contributed by atoms with van der Waals surface area (Å²) in [5.41, 5.74) is 0.455. The topological polar surface area (TPSA) is 93.9 Å². The van der Waals surface area contributed by atoms with Crippen LogP contribution in [0.4, 0.5) is 5.69 Å². The predicted molar refractivity (Wildman–Crippen MR) is 111 cm³/mol. The van der Waals surface area contributed by atoms with Crippen molar-refractivity contribution in [3.8, 4) is 11.5 Å². The van der Waals surface area contributed by atoms with Crippen molar-refractivity contribution < 1.29 is 19.4 Å². The highest BCUT2D eigenvalue weighted by Gasteiger charge is 2.28. The number of carbonyl (C=O) groups is 1. The number of aromatic nitrogens is 2. The molecule has 8 heteroatoms. The summed E-state index contributed by atoms with van der Waals surface area (Å²) in [4.78, 5) is 26.6. The maximum Gasteiger partial charge on any atom is 0.328 e. The summed E-state index contributed by atoms with van der Waals surface area (Å²) in [5, 5.41) is 13.8. The Kier molecular flexibility index (Phi) is 6.32. The lowest BCUT2D eigenvalue weighted by Gasteiger charge is -2.30. The first-order valence-corrected chi connectivity index (χ1v) is 10.5. The zero-order valence-corrected chi connectivity index (χ0v) is 16.9. The van der Waals surface area contributed by atoms with Crippen LogP contribution in [0.1, 0.15) is 38.1 Å². The number of benzene rings is 1. The van der Waals surface area contributed by atoms with Crippen molar-refractivity contribution >= 4 is 11.7 Å². The van der Waals surface area contributed by atoms with E-state index < -0.39 is 17.6 Å². The van der Waals surface area contributed by atoms with Gasteiger partial charge in [-0.2, -0.15) is 5.10 Å². The van der Waals surface area contributed by atoms with E-state index in [1.807, 2.05) is 24.3 Å². The second-order valence-electron chi connectivity index (χ2n) is 7.88. The quantitative estimate of drug-likeness (QED) is 0.745. The first-order valence-electron chi connectivity index (χ1n) is 10.5. The van der Waals surface area contributed by atoms with Gasteiger partial charge in [0.1, 0.15) is 0 Å². The molecule has 2 heterocycles. The van der Waals surface area contributed by atoms with Gasteiger partial charge in [-0.1, -0.05) is 37.8 Å². The number of morpholine rings is 1. The maximum atomic E-state index is 12.7. The van der Waals surface area contributed by atoms with Gasteiger partial charge in [0, 0.05) is 19.2 Å². The van der Waals surface area contributed by atoms with Crippen LogP contribution >= 0.6 is 0 Å². The lowest BCUT2D eigenvalue weighted by atomic mass is 9.98. The molecule has 2 aromatic rings. The van der Waals surface area contributed by atoms with Crippen molar-refractivity contribution in [2.75, 3.05) is 31.2 Å². The molecule has 8 nitrogen and oxygen atoms in total. The van der Waals surface area contributed by atoms with Crippen molar-refractivity contribution in [2.24, 2.45) is 5.92 Å². The highest BCUT2D eigenvalue weighted by Crippen LogP contribution is 2.33. The molecule has 1 aliphatic heterocycles. The van der Waals surface area contributed by atoms with Gasteiger partial charge >= 0.3 is 5.97 Å². The molecule has 1 saturated carbocycles. The number of anilines is 1. The number of hydrogen-bond acceptors (Lipinski definition) is 6. The molecule has 2 aliphatic rings. The molecule has 1 unspecified atom stereocenters. The van der Waals surface area contributed by atoms with E-state index in [0.717, 1.165) is 49.1 Å². The monoisotopic (exact) mass is 413 g/mol. The third-order valence-electron chi connectivity index (χ3n) is 5.86. The van der Waals surface area contributed by atoms with Crippen LogP contribution in [0, 0.1) is 5.92 Å². The minimum Gasteiger partial charge on any atom is -0.480 e. The number of aliphatic carboxylic acids is 1. The minimum atomic E-state index is -1.03. The van der Waals surface area contributed by atoms with E-state index >= 15 is 0 Å². The summed E-state index contributed by atoms with van der Waals surface area (Å²) in [6.07, 6.45) is 6.11. The summed E-state index contributed by atoms with van der Waals surface area (Å²) < 4.78 is 12.5. The van der Waals surface area contributed by atoms with Gasteiger partial charge in [-0.3, -0.25) is 4.79 Å². The number of para-hydroxylation sites is 2. The summed E-state index contributed by atoms with van der Waals surface area (Å²) in [6.45, 7) is 2.84. The smallest absolute Gasteiger partial charge is 0.328 e. The molecule has 2 fully saturated rings. The molecular weight excluding hydrogens is 386 g/mol. The summed E-state index contributed by atoms with van der Waals surface area (Å²) >= 11 is 0. The normalized spacial score (nSPS) is 18.3. The average molecular weight is 413 g/mol. The van der Waals surface area contributed by atoms with Gasteiger partial charge in [0.25, 0.3) is 5.56 Å². The Bertz CT molecular complexity index is 932. The Hall–Kier alpha value is -2.87. The molecule has 1 aromatic carbocycles. The fourth-order valence-electron chi connectivity index (χ4n) is 4.29. The first kappa shape index (κ1) is 20.4. The fraction of sp³-hybridized carbons (Fsp3) is 0.500. The molecule has 0 spiro atoms. The predicted octanol–water partition coefficient (Wildman–Crippen LogP) is 3.08. The Balaban J connectivity index is 1.53. The van der Waals surface area contributed by atoms with E-state index in [-0.39, 0.29) is 0 Å². The lowest BCUT2D eigenvalue weighted by molar-refractivity contribution is -0.142. The van der Waals surface area contributed by atoms with Gasteiger partial charge in [-0.25, -0.2) is 9.48 Å². The molecule has 1 aromatic heterocycles. The van der Waals surface area contributed by atoms with Gasteiger partial charge in [-0.15, -0.1) is 0 Å². The minimum absolute atomic E-state index is 0.293. The molecule has 160 valence electrons. The van der Waals surface area contributed by atoms with E-state index in [2.05, 4.69) is 10.00 Å². The van der Waals surface area contributed by atoms with E-state index in [4.69, 9.17) is 9.47 Å². The molecular formula is C22H27N3O5. The molecule has 1 N–H and O–H groups in total. The molecule has 0 radical (unpaired) electrons. The highest BCUT2D eigenvalue weighted by molar-refractivity contribution is 5.71. The second-order valence-corrected chi connectivity index (χ2v) is 7.88. The van der Waals surface area contributed by atoms with Gasteiger partial charge in [-0.05, 0) is 24.5 Å². The molecule has 0 bridgehead atoms. The third kappa shape index (κ3) is 4.64. The lowest BCUT2D eigenvalue weighted by Crippen LogP contribution is -2.36. The molecule has 1 saturated heterocycles. The summed E-state index contributed by atoms with van der Waals surface area (Å²) in [7, 11) is 0. The molecule has 30 heavy (non-hydrogen) atoms. The standard InChI is InChI=1S/C22H27N3O5/c26-21-14-17(15-23-25(21)19(22(27)28)13-16-5-1-2-6-16)30-20-8-4-3-7-18(20)24-9-11-29-12-10-24/h3-4,7-8,14-16,19H,1-2,5-6,9-13H2,(H,27,28). The molecule has 1 aliphatic carbocycles. The van der Waals surface area contributed by atoms with Crippen molar-refractivity contribution in [2.45, 2.75) is 38.1 Å². The van der Waals surface area contributed by atoms with E-state index in [9.17, 15) is 14.7 Å². The number of hydrogen-bond donors (Lipinski definition) is 1. The zero-order valence-electron chi connectivity index (χ0n) is 16.9. The van der Waals surface area contributed by atoms with E-state index in [1.54, 1.807) is 0 Å². The number of rotatable bonds is 7. The molecule has 4 rings (SSSR count). The zero-order chi connectivity index (χ0) is 20.9. The van der Waals surface area contributed by atoms with Crippen molar-refractivity contribution in [1.82, 2.24) is 9.78 Å². The maximum absolute atomic E-state index is 12.7. The van der Waals surface area contributed by atoms with Gasteiger partial charge in [0.15, 0.2) is 17.5 Å². The van der Waals surface area contributed by atoms with Crippen LogP contribution in [0.5, 0.6) is 11.5 Å². The molecule has 0 amide bonds. The Morgan fingerprint density at radius 3 is 2.67 bits per heavy atom. The largest absolute Gasteiger partial charge is 0.480 e. The van der Waals surface area contributed by atoms with Crippen LogP contribution in [0.2, 0.25) is 0 Å². The van der Waals surface area contributed by atoms with Crippen LogP contribution in [-0.2, 0) is 9.53 Å². The number of ether oxygens (including phenoxy) is 2. The SMILES string of the molecule is O=C(O)C(CC1CCCC1)n1ncc(Oc2ccccc2N2CCOCC2)cc1=O. The fourth-order valence-corrected chi connectivity index (χ4v) is 4.29. The second kappa shape index (κ2) is 9.30. The van der Waals surface area contributed by atoms with Crippen LogP contribution in [0.25, 0.3) is 0 Å². The van der Waals surface area contributed by atoms with Crippen molar-refractivity contribution in [3.05, 3.63) is 46.9 Å². The van der Waals surface area contributed by atoms with Gasteiger partial charge < -0.3 is 19.5 Å². The number of nitrogens with zero attached hydrogens (tertiary/aromatic N) is 3. The summed E-state index contributed by atoms with van der Waals surface area (Å²) in [6, 6.07) is 7.99. The third-order valence-corrected chi connectivity index (χ3v) is 5.86. The Morgan fingerprint density at radius 1 is 1.23 bits per heavy atom. The number of carboxylic acid groups (broad SMARTS) is 1. The highest BCUT2D eigenvalue weighted by atomic mass is 16.5. The van der Waals surface area contributed by atoms with E-state index in [0.29, 0.717) is 37.1 Å². The first-order chi connectivity index (χ1) is 14.6. The van der Waals surface area contributed by atoms with Gasteiger partial charge in [0.05, 0.1) is 25.1 Å². The Morgan fingerprint density at radius 2 is 1.97 bits per heavy atom. The summed E-state index contributed by atoms with van der Waals surface area (Å²) in [5.74, 6) is 0.222. The van der Waals surface area contributed by atoms with Crippen LogP contribution in [-0.4, -0.2) is 47.2 Å². The molecule has 1 atom stereocenters. The number of carboxylic acids is 1. The van der Waals surface area contributed by atoms with Crippen molar-refractivity contribution in [3.63, 3.8) is 0 Å². The van der Waals surface area contributed by atoms with Crippen LogP contribution in [0.3, 0.4) is 0 Å². The van der Waals surface area contributed by atoms with Crippen molar-refractivity contribution in [1.29, 1.82) is 0 Å².